The summed E-state index contributed by atoms with van der Waals surface area (Å²) in [5, 5.41) is 0. The fraction of sp³-hybridized carbons (Fsp3) is 0.438. The minimum Gasteiger partial charge on any atom is -0.336 e. The Morgan fingerprint density at radius 2 is 1.92 bits per heavy atom. The Morgan fingerprint density at radius 3 is 2.50 bits per heavy atom. The first-order chi connectivity index (χ1) is 11.3. The van der Waals surface area contributed by atoms with E-state index in [9.17, 15) is 22.8 Å². The molecule has 0 saturated carbocycles. The molecule has 0 unspecified atom stereocenters. The number of aromatic nitrogens is 2. The van der Waals surface area contributed by atoms with Gasteiger partial charge in [0.2, 0.25) is 0 Å². The van der Waals surface area contributed by atoms with Crippen LogP contribution in [0.3, 0.4) is 0 Å². The van der Waals surface area contributed by atoms with Crippen LogP contribution in [0, 0.1) is 0 Å². The number of amides is 1. The summed E-state index contributed by atoms with van der Waals surface area (Å²) in [6, 6.07) is 2.22. The van der Waals surface area contributed by atoms with Gasteiger partial charge in [-0.25, -0.2) is 4.98 Å². The smallest absolute Gasteiger partial charge is 0.336 e. The van der Waals surface area contributed by atoms with Crippen LogP contribution in [0.2, 0.25) is 0 Å². The lowest BCUT2D eigenvalue weighted by Crippen LogP contribution is -2.39. The second kappa shape index (κ2) is 5.92. The van der Waals surface area contributed by atoms with E-state index in [4.69, 9.17) is 0 Å². The van der Waals surface area contributed by atoms with E-state index >= 15 is 0 Å². The van der Waals surface area contributed by atoms with E-state index in [1.165, 1.54) is 15.4 Å². The van der Waals surface area contributed by atoms with Gasteiger partial charge in [0.05, 0.1) is 11.3 Å². The van der Waals surface area contributed by atoms with Gasteiger partial charge in [0.15, 0.2) is 0 Å². The zero-order valence-electron chi connectivity index (χ0n) is 13.1. The lowest BCUT2D eigenvalue weighted by Gasteiger charge is -2.26. The van der Waals surface area contributed by atoms with E-state index in [1.807, 2.05) is 0 Å². The molecule has 5 nitrogen and oxygen atoms in total. The average molecular weight is 339 g/mol. The largest absolute Gasteiger partial charge is 0.417 e. The summed E-state index contributed by atoms with van der Waals surface area (Å²) in [7, 11) is 0. The molecule has 0 N–H and O–H groups in total. The molecule has 128 valence electrons. The second-order valence-corrected chi connectivity index (χ2v) is 5.74. The monoisotopic (exact) mass is 339 g/mol. The fourth-order valence-corrected chi connectivity index (χ4v) is 2.84. The first kappa shape index (κ1) is 16.5. The summed E-state index contributed by atoms with van der Waals surface area (Å²) in [5.74, 6) is -0.293. The predicted molar refractivity (Wildman–Crippen MR) is 79.7 cm³/mol. The van der Waals surface area contributed by atoms with Gasteiger partial charge in [0.1, 0.15) is 17.1 Å². The summed E-state index contributed by atoms with van der Waals surface area (Å²) in [5.41, 5.74) is 0.0679. The van der Waals surface area contributed by atoms with Gasteiger partial charge in [-0.2, -0.15) is 13.2 Å². The van der Waals surface area contributed by atoms with Crippen molar-refractivity contribution in [3.63, 3.8) is 0 Å². The van der Waals surface area contributed by atoms with Crippen molar-refractivity contribution < 1.29 is 22.8 Å². The number of imidazole rings is 1. The quantitative estimate of drug-likeness (QED) is 0.845. The number of nitrogens with zero attached hydrogens (tertiary/aromatic N) is 3. The van der Waals surface area contributed by atoms with Gasteiger partial charge in [-0.15, -0.1) is 0 Å². The summed E-state index contributed by atoms with van der Waals surface area (Å²) in [6.45, 7) is 2.36. The first-order valence-corrected chi connectivity index (χ1v) is 7.70. The molecule has 0 radical (unpaired) electrons. The van der Waals surface area contributed by atoms with Gasteiger partial charge in [0.25, 0.3) is 5.91 Å². The van der Waals surface area contributed by atoms with Gasteiger partial charge in [0, 0.05) is 32.1 Å². The van der Waals surface area contributed by atoms with Gasteiger partial charge >= 0.3 is 6.18 Å². The highest BCUT2D eigenvalue weighted by molar-refractivity contribution is 5.96. The Balaban J connectivity index is 2.07. The van der Waals surface area contributed by atoms with Gasteiger partial charge in [-0.3, -0.25) is 14.0 Å². The Kier molecular flexibility index (Phi) is 4.06. The zero-order valence-corrected chi connectivity index (χ0v) is 13.1. The fourth-order valence-electron chi connectivity index (χ4n) is 2.84. The number of ketones is 1. The number of hydrogen-bond acceptors (Lipinski definition) is 3. The van der Waals surface area contributed by atoms with Gasteiger partial charge < -0.3 is 4.90 Å². The first-order valence-electron chi connectivity index (χ1n) is 7.70. The molecule has 0 bridgehead atoms. The number of halogens is 3. The third-order valence-corrected chi connectivity index (χ3v) is 4.16. The average Bonchev–Trinajstić information content (AvgIpc) is 2.91. The van der Waals surface area contributed by atoms with Crippen LogP contribution in [-0.2, 0) is 17.4 Å². The Hall–Kier alpha value is -2.38. The van der Waals surface area contributed by atoms with Crippen LogP contribution in [0.15, 0.2) is 18.3 Å². The third kappa shape index (κ3) is 2.88. The maximum absolute atomic E-state index is 13.0. The number of pyridine rings is 1. The summed E-state index contributed by atoms with van der Waals surface area (Å²) >= 11 is 0. The molecule has 1 fully saturated rings. The van der Waals surface area contributed by atoms with Crippen molar-refractivity contribution in [3.8, 4) is 0 Å². The van der Waals surface area contributed by atoms with Crippen molar-refractivity contribution in [2.45, 2.75) is 32.4 Å². The van der Waals surface area contributed by atoms with E-state index in [2.05, 4.69) is 4.98 Å². The van der Waals surface area contributed by atoms with Crippen LogP contribution in [0.4, 0.5) is 13.2 Å². The molecule has 3 heterocycles. The molecular weight excluding hydrogens is 323 g/mol. The molecule has 1 aliphatic heterocycles. The number of fused-ring (bicyclic) bond motifs is 1. The number of carbonyl (C=O) groups is 2. The normalized spacial score (nSPS) is 16.0. The standard InChI is InChI=1S/C16H16F3N3O2/c1-2-12-14(15(24)21-7-5-11(23)6-8-21)22-9-10(16(17,18)19)3-4-13(22)20-12/h3-4,9H,2,5-8H2,1H3. The molecule has 0 aliphatic carbocycles. The van der Waals surface area contributed by atoms with Crippen LogP contribution in [-0.4, -0.2) is 39.1 Å². The number of Topliss-reactive ketones (excluding diaryl/α,β-unsaturated/α-hetero) is 1. The van der Waals surface area contributed by atoms with Crippen molar-refractivity contribution in [1.29, 1.82) is 0 Å². The van der Waals surface area contributed by atoms with Gasteiger partial charge in [-0.05, 0) is 18.6 Å². The Labute approximate surface area is 136 Å². The van der Waals surface area contributed by atoms with Crippen LogP contribution in [0.1, 0.15) is 41.5 Å². The maximum atomic E-state index is 13.0. The lowest BCUT2D eigenvalue weighted by atomic mass is 10.1. The third-order valence-electron chi connectivity index (χ3n) is 4.16. The van der Waals surface area contributed by atoms with Crippen LogP contribution < -0.4 is 0 Å². The van der Waals surface area contributed by atoms with Crippen molar-refractivity contribution in [3.05, 3.63) is 35.3 Å². The lowest BCUT2D eigenvalue weighted by molar-refractivity contribution is -0.137. The topological polar surface area (TPSA) is 54.7 Å². The summed E-state index contributed by atoms with van der Waals surface area (Å²) in [6.07, 6.45) is -2.61. The van der Waals surface area contributed by atoms with E-state index < -0.39 is 11.7 Å². The highest BCUT2D eigenvalue weighted by Crippen LogP contribution is 2.30. The minimum absolute atomic E-state index is 0.0901. The van der Waals surface area contributed by atoms with E-state index in [0.717, 1.165) is 12.3 Å². The number of likely N-dealkylation sites (tertiary alicyclic amines) is 1. The molecule has 1 aliphatic rings. The molecule has 0 spiro atoms. The van der Waals surface area contributed by atoms with Crippen LogP contribution in [0.25, 0.3) is 5.65 Å². The molecule has 8 heteroatoms. The molecule has 0 atom stereocenters. The van der Waals surface area contributed by atoms with Crippen molar-refractivity contribution in [1.82, 2.24) is 14.3 Å². The van der Waals surface area contributed by atoms with E-state index in [1.54, 1.807) is 6.92 Å². The molecule has 24 heavy (non-hydrogen) atoms. The number of aryl methyl sites for hydroxylation is 1. The van der Waals surface area contributed by atoms with E-state index in [-0.39, 0.29) is 43.3 Å². The van der Waals surface area contributed by atoms with Crippen molar-refractivity contribution in [2.24, 2.45) is 0 Å². The van der Waals surface area contributed by atoms with Gasteiger partial charge in [-0.1, -0.05) is 6.92 Å². The molecule has 1 saturated heterocycles. The highest BCUT2D eigenvalue weighted by Gasteiger charge is 2.32. The van der Waals surface area contributed by atoms with Crippen molar-refractivity contribution in [2.75, 3.05) is 13.1 Å². The molecule has 3 rings (SSSR count). The zero-order chi connectivity index (χ0) is 17.5. The Bertz CT molecular complexity index is 801. The molecule has 1 amide bonds. The number of piperidine rings is 1. The minimum atomic E-state index is -4.50. The number of hydrogen-bond donors (Lipinski definition) is 0. The molecule has 2 aromatic heterocycles. The van der Waals surface area contributed by atoms with Crippen LogP contribution >= 0.6 is 0 Å². The molecule has 2 aromatic rings. The SMILES string of the molecule is CCc1nc2ccc(C(F)(F)F)cn2c1C(=O)N1CCC(=O)CC1. The summed E-state index contributed by atoms with van der Waals surface area (Å²) < 4.78 is 40.1. The predicted octanol–water partition coefficient (Wildman–Crippen LogP) is 2.72. The van der Waals surface area contributed by atoms with Crippen molar-refractivity contribution >= 4 is 17.3 Å². The second-order valence-electron chi connectivity index (χ2n) is 5.74. The summed E-state index contributed by atoms with van der Waals surface area (Å²) in [4.78, 5) is 29.9. The van der Waals surface area contributed by atoms with E-state index in [0.29, 0.717) is 17.8 Å². The number of carbonyl (C=O) groups excluding carboxylic acids is 2. The maximum Gasteiger partial charge on any atom is 0.417 e. The number of rotatable bonds is 2. The Morgan fingerprint density at radius 1 is 1.25 bits per heavy atom. The number of alkyl halides is 3. The van der Waals surface area contributed by atoms with Crippen LogP contribution in [0.5, 0.6) is 0 Å². The molecule has 0 aromatic carbocycles. The molecular formula is C16H16F3N3O2. The highest BCUT2D eigenvalue weighted by atomic mass is 19.4.